The second-order valence-electron chi connectivity index (χ2n) is 34.7. The van der Waals surface area contributed by atoms with E-state index in [-0.39, 0.29) is 112 Å². The molecule has 0 bridgehead atoms. The summed E-state index contributed by atoms with van der Waals surface area (Å²) in [5, 5.41) is 14.0. The predicted octanol–water partition coefficient (Wildman–Crippen LogP) is 5.43. The number of carbonyl (C=O) groups excluding carboxylic acids is 8. The van der Waals surface area contributed by atoms with Crippen molar-refractivity contribution in [3.8, 4) is 11.5 Å². The third-order valence-corrected chi connectivity index (χ3v) is 15.1. The van der Waals surface area contributed by atoms with Gasteiger partial charge in [0.05, 0.1) is 0 Å². The number of nitrogen functional groups attached to an aromatic ring is 1. The van der Waals surface area contributed by atoms with Crippen molar-refractivity contribution in [2.24, 2.45) is 0 Å². The molecule has 2 aliphatic heterocycles. The zero-order valence-electron chi connectivity index (χ0n) is 71.2. The first-order chi connectivity index (χ1) is 51.2. The summed E-state index contributed by atoms with van der Waals surface area (Å²) in [6, 6.07) is 10.1. The molecule has 0 unspecified atom stereocenters. The Hall–Kier alpha value is -8.58. The van der Waals surface area contributed by atoms with E-state index in [0.29, 0.717) is 75.2 Å². The number of nitrogens with two attached hydrogens (primary N) is 1. The van der Waals surface area contributed by atoms with Gasteiger partial charge in [-0.25, -0.2) is 53.3 Å². The van der Waals surface area contributed by atoms with Crippen molar-refractivity contribution in [2.45, 2.75) is 224 Å². The third-order valence-electron chi connectivity index (χ3n) is 15.1. The van der Waals surface area contributed by atoms with Crippen LogP contribution in [0.4, 0.5) is 49.7 Å². The van der Waals surface area contributed by atoms with Crippen LogP contribution in [-0.2, 0) is 41.5 Å². The number of ether oxygens (including phenoxy) is 8. The van der Waals surface area contributed by atoms with Crippen LogP contribution in [0.15, 0.2) is 74.4 Å². The third kappa shape index (κ3) is 38.4. The largest absolute Gasteiger partial charge is 1.00 e. The van der Waals surface area contributed by atoms with Gasteiger partial charge in [0.25, 0.3) is 0 Å². The molecular formula is C76H123BrN19NaO16. The number of amides is 7. The van der Waals surface area contributed by atoms with E-state index in [0.717, 1.165) is 25.2 Å². The van der Waals surface area contributed by atoms with E-state index in [1.165, 1.54) is 47.8 Å². The zero-order chi connectivity index (χ0) is 83.3. The van der Waals surface area contributed by atoms with Gasteiger partial charge in [0.2, 0.25) is 0 Å². The summed E-state index contributed by atoms with van der Waals surface area (Å²) in [5.41, 5.74) is 3.71. The molecule has 35 nitrogen and oxygen atoms in total. The van der Waals surface area contributed by atoms with Gasteiger partial charge in [0.1, 0.15) is 94.3 Å². The van der Waals surface area contributed by atoms with Crippen LogP contribution in [0.5, 0.6) is 11.5 Å². The predicted molar refractivity (Wildman–Crippen MR) is 416 cm³/mol. The molecule has 3 N–H and O–H groups in total. The topological polar surface area (TPSA) is 366 Å². The van der Waals surface area contributed by atoms with E-state index in [1.54, 1.807) is 115 Å². The molecule has 7 amide bonds. The van der Waals surface area contributed by atoms with E-state index in [1.807, 2.05) is 107 Å². The zero-order valence-corrected chi connectivity index (χ0v) is 74.8. The van der Waals surface area contributed by atoms with Crippen LogP contribution in [-0.4, -0.2) is 282 Å². The van der Waals surface area contributed by atoms with E-state index in [9.17, 15) is 38.4 Å². The van der Waals surface area contributed by atoms with Crippen LogP contribution < -0.4 is 67.1 Å². The minimum absolute atomic E-state index is 0. The summed E-state index contributed by atoms with van der Waals surface area (Å²) in [6.07, 6.45) is 4.69. The number of nitrogens with zero attached hydrogens (tertiary/aromatic N) is 17. The van der Waals surface area contributed by atoms with E-state index in [2.05, 4.69) is 45.4 Å². The average molecular weight is 1660 g/mol. The van der Waals surface area contributed by atoms with Crippen LogP contribution in [0.1, 0.15) is 177 Å². The number of nitrogens with one attached hydrogen (secondary N) is 1. The van der Waals surface area contributed by atoms with Crippen molar-refractivity contribution in [3.63, 3.8) is 0 Å². The smallest absolute Gasteiger partial charge is 1.00 e. The molecule has 2 aromatic carbocycles. The van der Waals surface area contributed by atoms with Crippen LogP contribution in [0.2, 0.25) is 0 Å². The molecule has 2 fully saturated rings. The standard InChI is InChI=1S/C37H60N8O8.C34H59N5O7.C5H4N6O.BrH.Na/c1-34(2,3)50-29-14-13-28(40-30(46)45-26-38-25-39-45)23-27(29)24-41-15-17-42(31(47)51-35(4,5)6)19-21-44(33(49)53-37(10,11)12)22-20-43(18-16-41)32(48)52-36(7,8)9;1-31(2,3)43-27-14-13-26(35)23-25(27)24-36-15-17-37(28(40)44-32(4,5)6)19-21-39(30(42)46-34(10,11)12)22-20-38(18-16-36)29(41)45-33(7,8)9;12-5(10-3-6-1-8-10)11-4-7-2-9-11;;/h13-14,23,25-26H,15-22,24H2,1-12H3,(H,40,46);13-14,23H,15-22,24,35H2,1-12H3;1-4H;1H;/q;;;;+1/p-1. The second-order valence-corrected chi connectivity index (χ2v) is 34.7. The number of benzene rings is 2. The normalized spacial score (nSPS) is 15.3. The molecule has 5 heterocycles. The van der Waals surface area contributed by atoms with E-state index in [4.69, 9.17) is 43.6 Å². The minimum atomic E-state index is -0.747. The van der Waals surface area contributed by atoms with Gasteiger partial charge in [-0.2, -0.15) is 29.3 Å². The Kier molecular flexibility index (Phi) is 37.3. The minimum Gasteiger partial charge on any atom is -1.00 e. The van der Waals surface area contributed by atoms with E-state index < -0.39 is 93.4 Å². The first-order valence-corrected chi connectivity index (χ1v) is 37.3. The van der Waals surface area contributed by atoms with Gasteiger partial charge >= 0.3 is 78.2 Å². The fourth-order valence-corrected chi connectivity index (χ4v) is 10.3. The van der Waals surface area contributed by atoms with Crippen molar-refractivity contribution in [1.29, 1.82) is 0 Å². The molecule has 37 heteroatoms. The van der Waals surface area contributed by atoms with E-state index >= 15 is 0 Å². The summed E-state index contributed by atoms with van der Waals surface area (Å²) < 4.78 is 50.3. The molecule has 0 spiro atoms. The SMILES string of the molecule is CC(C)(C)OC(=O)N1CCN(Cc2cc(N)ccc2OC(C)(C)C)CCN(C(=O)OC(C)(C)C)CCN(C(=O)OC(C)(C)C)CC1.CC(C)(C)OC(=O)N1CCN(Cc2cc(NC(=O)n3cncn3)ccc2OC(C)(C)C)CCN(C(=O)OC(C)(C)C)CCN(C(=O)OC(C)(C)C)CC1.O=C(n1cncn1)n1cncn1.[Br-].[Na+]. The van der Waals surface area contributed by atoms with Crippen LogP contribution >= 0.6 is 0 Å². The number of halogens is 1. The van der Waals surface area contributed by atoms with Gasteiger partial charge in [0, 0.05) is 140 Å². The fraction of sp³-hybridized carbons (Fsp3) is 0.658. The maximum absolute atomic E-state index is 13.5. The number of hydrogen-bond donors (Lipinski definition) is 2. The summed E-state index contributed by atoms with van der Waals surface area (Å²) in [4.78, 5) is 129. The molecule has 7 rings (SSSR count). The number of hydrogen-bond acceptors (Lipinski definition) is 25. The molecule has 0 aliphatic carbocycles. The van der Waals surface area contributed by atoms with Gasteiger partial charge in [0.15, 0.2) is 0 Å². The fourth-order valence-electron chi connectivity index (χ4n) is 10.3. The Balaban J connectivity index is 0.000000502. The molecule has 0 saturated carbocycles. The summed E-state index contributed by atoms with van der Waals surface area (Å²) in [5.74, 6) is 1.33. The molecule has 2 saturated heterocycles. The maximum atomic E-state index is 13.5. The Morgan fingerprint density at radius 3 is 0.850 bits per heavy atom. The van der Waals surface area contributed by atoms with Crippen LogP contribution in [0.3, 0.4) is 0 Å². The molecule has 0 atom stereocenters. The first-order valence-electron chi connectivity index (χ1n) is 37.3. The van der Waals surface area contributed by atoms with Gasteiger partial charge in [-0.1, -0.05) is 0 Å². The quantitative estimate of drug-likeness (QED) is 0.116. The Morgan fingerprint density at radius 1 is 0.354 bits per heavy atom. The van der Waals surface area contributed by atoms with Crippen molar-refractivity contribution in [3.05, 3.63) is 85.5 Å². The second kappa shape index (κ2) is 42.7. The van der Waals surface area contributed by atoms with Crippen molar-refractivity contribution < 1.29 is 123 Å². The molecule has 5 aromatic rings. The number of aromatic nitrogens is 9. The molecule has 113 heavy (non-hydrogen) atoms. The van der Waals surface area contributed by atoms with Gasteiger partial charge < -0.3 is 95.3 Å². The van der Waals surface area contributed by atoms with Crippen LogP contribution in [0, 0.1) is 0 Å². The van der Waals surface area contributed by atoms with Crippen LogP contribution in [0.25, 0.3) is 0 Å². The van der Waals surface area contributed by atoms with Crippen molar-refractivity contribution in [1.82, 2.24) is 83.5 Å². The Morgan fingerprint density at radius 2 is 0.602 bits per heavy atom. The Bertz CT molecular complexity index is 3690. The summed E-state index contributed by atoms with van der Waals surface area (Å²) in [6.45, 7) is 49.4. The molecule has 0 radical (unpaired) electrons. The number of anilines is 2. The monoisotopic (exact) mass is 1660 g/mol. The maximum Gasteiger partial charge on any atom is 1.00 e. The van der Waals surface area contributed by atoms with Crippen molar-refractivity contribution in [2.75, 3.05) is 116 Å². The van der Waals surface area contributed by atoms with Gasteiger partial charge in [-0.05, 0) is 203 Å². The van der Waals surface area contributed by atoms with Crippen molar-refractivity contribution >= 4 is 60.0 Å². The Labute approximate surface area is 698 Å². The summed E-state index contributed by atoms with van der Waals surface area (Å²) >= 11 is 0. The molecule has 626 valence electrons. The van der Waals surface area contributed by atoms with Gasteiger partial charge in [-0.15, -0.1) is 0 Å². The summed E-state index contributed by atoms with van der Waals surface area (Å²) in [7, 11) is 0. The number of rotatable bonds is 7. The first kappa shape index (κ1) is 98.6. The van der Waals surface area contributed by atoms with Gasteiger partial charge in [-0.3, -0.25) is 9.80 Å². The molecule has 3 aromatic heterocycles. The molecule has 2 aliphatic rings. The molecular weight excluding hydrogens is 1540 g/mol. The average Bonchev–Trinajstić information content (AvgIpc) is 1.15. The number of carbonyl (C=O) groups is 8.